The van der Waals surface area contributed by atoms with E-state index in [-0.39, 0.29) is 19.3 Å². The van der Waals surface area contributed by atoms with Crippen LogP contribution in [0, 0.1) is 6.57 Å². The topological polar surface area (TPSA) is 92.9 Å². The number of hydrogen-bond acceptors (Lipinski definition) is 7. The molecular formula is C20H22ClN5O3. The summed E-state index contributed by atoms with van der Waals surface area (Å²) in [6.45, 7) is 7.02. The second-order valence-electron chi connectivity index (χ2n) is 7.18. The van der Waals surface area contributed by atoms with Crippen molar-refractivity contribution in [2.24, 2.45) is 0 Å². The molecule has 2 aliphatic rings. The van der Waals surface area contributed by atoms with Crippen molar-refractivity contribution in [2.75, 3.05) is 18.5 Å². The van der Waals surface area contributed by atoms with Gasteiger partial charge in [0.1, 0.15) is 19.0 Å². The van der Waals surface area contributed by atoms with Crippen LogP contribution in [-0.4, -0.2) is 46.5 Å². The highest BCUT2D eigenvalue weighted by atomic mass is 35.5. The Kier molecular flexibility index (Phi) is 6.00. The SMILES string of the molecule is [C-]#[N+]c1ccc(Nc2ncnc(OC3CC4CCC(C3)N4)c2OCCO)c(Cl)c1. The highest BCUT2D eigenvalue weighted by Gasteiger charge is 2.35. The van der Waals surface area contributed by atoms with Gasteiger partial charge in [0.05, 0.1) is 23.9 Å². The monoisotopic (exact) mass is 415 g/mol. The molecule has 0 amide bonds. The second kappa shape index (κ2) is 8.82. The molecule has 2 aromatic rings. The molecule has 1 aromatic heterocycles. The molecule has 8 nitrogen and oxygen atoms in total. The molecule has 2 unspecified atom stereocenters. The predicted molar refractivity (Wildman–Crippen MR) is 109 cm³/mol. The molecule has 3 heterocycles. The standard InChI is InChI=1S/C20H22ClN5O3/c1-22-12-4-5-17(16(21)10-12)26-19-18(28-7-6-27)20(24-11-23-19)29-15-8-13-2-3-14(9-15)25-13/h4-5,10-11,13-15,25,27H,2-3,6-9H2,(H,23,24,26). The van der Waals surface area contributed by atoms with Gasteiger partial charge < -0.3 is 25.2 Å². The molecule has 2 fully saturated rings. The number of aromatic nitrogens is 2. The first-order chi connectivity index (χ1) is 14.2. The van der Waals surface area contributed by atoms with Gasteiger partial charge in [0.2, 0.25) is 5.75 Å². The number of nitrogens with zero attached hydrogens (tertiary/aromatic N) is 3. The molecule has 9 heteroatoms. The molecule has 152 valence electrons. The van der Waals surface area contributed by atoms with Gasteiger partial charge in [-0.1, -0.05) is 17.7 Å². The van der Waals surface area contributed by atoms with E-state index in [4.69, 9.17) is 27.6 Å². The number of fused-ring (bicyclic) bond motifs is 2. The van der Waals surface area contributed by atoms with Crippen LogP contribution in [0.1, 0.15) is 25.7 Å². The lowest BCUT2D eigenvalue weighted by atomic mass is 10.0. The van der Waals surface area contributed by atoms with Crippen molar-refractivity contribution < 1.29 is 14.6 Å². The molecule has 3 N–H and O–H groups in total. The van der Waals surface area contributed by atoms with E-state index in [0.29, 0.717) is 45.9 Å². The number of anilines is 2. The van der Waals surface area contributed by atoms with E-state index in [1.165, 1.54) is 19.2 Å². The van der Waals surface area contributed by atoms with Crippen molar-refractivity contribution in [1.29, 1.82) is 0 Å². The fraction of sp³-hybridized carbons (Fsp3) is 0.450. The molecule has 2 bridgehead atoms. The molecule has 2 atom stereocenters. The van der Waals surface area contributed by atoms with Crippen LogP contribution in [0.2, 0.25) is 5.02 Å². The van der Waals surface area contributed by atoms with Crippen LogP contribution >= 0.6 is 11.6 Å². The Labute approximate surface area is 174 Å². The summed E-state index contributed by atoms with van der Waals surface area (Å²) in [5, 5.41) is 16.3. The number of halogens is 1. The van der Waals surface area contributed by atoms with Gasteiger partial charge in [-0.25, -0.2) is 9.83 Å². The lowest BCUT2D eigenvalue weighted by Gasteiger charge is -2.29. The Balaban J connectivity index is 1.58. The zero-order valence-electron chi connectivity index (χ0n) is 15.8. The van der Waals surface area contributed by atoms with E-state index in [2.05, 4.69) is 25.4 Å². The zero-order valence-corrected chi connectivity index (χ0v) is 16.5. The highest BCUT2D eigenvalue weighted by Crippen LogP contribution is 2.38. The first-order valence-corrected chi connectivity index (χ1v) is 9.99. The zero-order chi connectivity index (χ0) is 20.2. The smallest absolute Gasteiger partial charge is 0.262 e. The van der Waals surface area contributed by atoms with Gasteiger partial charge in [0, 0.05) is 12.1 Å². The summed E-state index contributed by atoms with van der Waals surface area (Å²) in [5.74, 6) is 1.06. The fourth-order valence-corrected chi connectivity index (χ4v) is 4.09. The van der Waals surface area contributed by atoms with Crippen molar-refractivity contribution in [3.05, 3.63) is 41.0 Å². The van der Waals surface area contributed by atoms with E-state index >= 15 is 0 Å². The summed E-state index contributed by atoms with van der Waals surface area (Å²) < 4.78 is 11.9. The van der Waals surface area contributed by atoms with E-state index < -0.39 is 0 Å². The van der Waals surface area contributed by atoms with Crippen molar-refractivity contribution in [3.8, 4) is 11.6 Å². The first-order valence-electron chi connectivity index (χ1n) is 9.61. The van der Waals surface area contributed by atoms with Gasteiger partial charge in [-0.15, -0.1) is 0 Å². The van der Waals surface area contributed by atoms with E-state index in [1.54, 1.807) is 18.2 Å². The molecule has 0 aliphatic carbocycles. The molecule has 0 saturated carbocycles. The molecule has 1 aromatic carbocycles. The van der Waals surface area contributed by atoms with Crippen LogP contribution < -0.4 is 20.1 Å². The quantitative estimate of drug-likeness (QED) is 0.596. The fourth-order valence-electron chi connectivity index (χ4n) is 3.87. The van der Waals surface area contributed by atoms with Crippen molar-refractivity contribution in [1.82, 2.24) is 15.3 Å². The summed E-state index contributed by atoms with van der Waals surface area (Å²) in [6, 6.07) is 5.92. The Hall–Kier alpha value is -2.60. The number of ether oxygens (including phenoxy) is 2. The second-order valence-corrected chi connectivity index (χ2v) is 7.59. The molecule has 0 spiro atoms. The van der Waals surface area contributed by atoms with Crippen molar-refractivity contribution in [3.63, 3.8) is 0 Å². The molecule has 29 heavy (non-hydrogen) atoms. The molecular weight excluding hydrogens is 394 g/mol. The van der Waals surface area contributed by atoms with E-state index in [9.17, 15) is 5.11 Å². The summed E-state index contributed by atoms with van der Waals surface area (Å²) in [6.07, 6.45) is 5.65. The van der Waals surface area contributed by atoms with Gasteiger partial charge >= 0.3 is 0 Å². The van der Waals surface area contributed by atoms with Crippen molar-refractivity contribution in [2.45, 2.75) is 43.9 Å². The summed E-state index contributed by atoms with van der Waals surface area (Å²) in [7, 11) is 0. The summed E-state index contributed by atoms with van der Waals surface area (Å²) in [4.78, 5) is 11.9. The van der Waals surface area contributed by atoms with Crippen LogP contribution in [0.5, 0.6) is 11.6 Å². The molecule has 0 radical (unpaired) electrons. The molecule has 2 aliphatic heterocycles. The van der Waals surface area contributed by atoms with Gasteiger partial charge in [-0.05, 0) is 37.8 Å². The summed E-state index contributed by atoms with van der Waals surface area (Å²) in [5.41, 5.74) is 1.03. The number of hydrogen-bond donors (Lipinski definition) is 3. The minimum absolute atomic E-state index is 0.0505. The normalized spacial score (nSPS) is 22.7. The maximum Gasteiger partial charge on any atom is 0.262 e. The number of rotatable bonds is 7. The Morgan fingerprint density at radius 1 is 1.28 bits per heavy atom. The number of benzene rings is 1. The molecule has 2 saturated heterocycles. The Bertz CT molecular complexity index is 907. The van der Waals surface area contributed by atoms with Crippen LogP contribution in [0.3, 0.4) is 0 Å². The van der Waals surface area contributed by atoms with Gasteiger partial charge in [-0.2, -0.15) is 4.98 Å². The van der Waals surface area contributed by atoms with Crippen LogP contribution in [0.15, 0.2) is 24.5 Å². The van der Waals surface area contributed by atoms with E-state index in [1.807, 2.05) is 0 Å². The van der Waals surface area contributed by atoms with Crippen molar-refractivity contribution >= 4 is 28.8 Å². The Morgan fingerprint density at radius 3 is 2.76 bits per heavy atom. The average Bonchev–Trinajstić information content (AvgIpc) is 3.07. The van der Waals surface area contributed by atoms with Crippen LogP contribution in [0.4, 0.5) is 17.2 Å². The number of aliphatic hydroxyl groups is 1. The van der Waals surface area contributed by atoms with E-state index in [0.717, 1.165) is 12.8 Å². The maximum absolute atomic E-state index is 9.22. The van der Waals surface area contributed by atoms with Crippen LogP contribution in [-0.2, 0) is 0 Å². The lowest BCUT2D eigenvalue weighted by Crippen LogP contribution is -2.42. The van der Waals surface area contributed by atoms with Gasteiger partial charge in [0.25, 0.3) is 5.88 Å². The van der Waals surface area contributed by atoms with Gasteiger partial charge in [-0.3, -0.25) is 0 Å². The third-order valence-corrected chi connectivity index (χ3v) is 5.46. The largest absolute Gasteiger partial charge is 0.483 e. The minimum atomic E-state index is -0.147. The Morgan fingerprint density at radius 2 is 2.07 bits per heavy atom. The average molecular weight is 416 g/mol. The van der Waals surface area contributed by atoms with Crippen LogP contribution in [0.25, 0.3) is 4.85 Å². The highest BCUT2D eigenvalue weighted by molar-refractivity contribution is 6.33. The maximum atomic E-state index is 9.22. The summed E-state index contributed by atoms with van der Waals surface area (Å²) >= 11 is 6.28. The first kappa shape index (κ1) is 19.7. The van der Waals surface area contributed by atoms with Gasteiger partial charge in [0.15, 0.2) is 11.5 Å². The number of nitrogens with one attached hydrogen (secondary N) is 2. The lowest BCUT2D eigenvalue weighted by molar-refractivity contribution is 0.122. The third-order valence-electron chi connectivity index (χ3n) is 5.15. The third kappa shape index (κ3) is 4.53. The predicted octanol–water partition coefficient (Wildman–Crippen LogP) is 3.46. The number of aliphatic hydroxyl groups excluding tert-OH is 1. The minimum Gasteiger partial charge on any atom is -0.483 e. The number of piperidine rings is 1. The molecule has 4 rings (SSSR count).